The molecule has 0 saturated carbocycles. The lowest BCUT2D eigenvalue weighted by molar-refractivity contribution is 0.601. The van der Waals surface area contributed by atoms with Gasteiger partial charge in [0, 0.05) is 4.88 Å². The van der Waals surface area contributed by atoms with Crippen LogP contribution in [0.2, 0.25) is 0 Å². The number of sulfonamides is 1. The van der Waals surface area contributed by atoms with Crippen molar-refractivity contribution in [1.29, 1.82) is 5.26 Å². The Kier molecular flexibility index (Phi) is 3.84. The van der Waals surface area contributed by atoms with Gasteiger partial charge in [-0.3, -0.25) is 4.72 Å². The Bertz CT molecular complexity index is 782. The van der Waals surface area contributed by atoms with E-state index in [0.717, 1.165) is 16.0 Å². The highest BCUT2D eigenvalue weighted by molar-refractivity contribution is 7.93. The molecule has 0 spiro atoms. The molecular weight excluding hydrogens is 292 g/mol. The third-order valence-electron chi connectivity index (χ3n) is 3.06. The molecule has 0 fully saturated rings. The number of nitrogens with one attached hydrogen (secondary N) is 1. The molecule has 0 saturated heterocycles. The van der Waals surface area contributed by atoms with Gasteiger partial charge in [0.25, 0.3) is 10.0 Å². The van der Waals surface area contributed by atoms with Crippen molar-refractivity contribution >= 4 is 26.4 Å². The van der Waals surface area contributed by atoms with E-state index >= 15 is 0 Å². The van der Waals surface area contributed by atoms with Crippen molar-refractivity contribution < 1.29 is 8.42 Å². The van der Waals surface area contributed by atoms with Crippen LogP contribution >= 0.6 is 11.3 Å². The lowest BCUT2D eigenvalue weighted by Crippen LogP contribution is -2.12. The molecule has 104 valence electrons. The largest absolute Gasteiger partial charge is 0.269 e. The van der Waals surface area contributed by atoms with E-state index in [1.165, 1.54) is 11.3 Å². The number of thiophene rings is 1. The van der Waals surface area contributed by atoms with Crippen molar-refractivity contribution in [2.75, 3.05) is 4.72 Å². The van der Waals surface area contributed by atoms with Crippen LogP contribution in [-0.2, 0) is 10.0 Å². The summed E-state index contributed by atoms with van der Waals surface area (Å²) in [5.41, 5.74) is 2.20. The van der Waals surface area contributed by atoms with Crippen LogP contribution in [0, 0.1) is 32.1 Å². The Morgan fingerprint density at radius 3 is 2.30 bits per heavy atom. The minimum absolute atomic E-state index is 0.190. The van der Waals surface area contributed by atoms with Gasteiger partial charge in [0.1, 0.15) is 11.1 Å². The summed E-state index contributed by atoms with van der Waals surface area (Å²) in [5, 5.41) is 9.52. The zero-order chi connectivity index (χ0) is 14.9. The summed E-state index contributed by atoms with van der Waals surface area (Å²) in [5.74, 6) is 0. The van der Waals surface area contributed by atoms with Crippen molar-refractivity contribution in [3.8, 4) is 6.07 Å². The Morgan fingerprint density at radius 2 is 1.75 bits per heavy atom. The molecule has 1 aromatic carbocycles. The summed E-state index contributed by atoms with van der Waals surface area (Å²) >= 11 is 1.28. The molecule has 6 heteroatoms. The molecular formula is C14H14N2O2S2. The molecule has 2 aromatic rings. The van der Waals surface area contributed by atoms with Gasteiger partial charge in [0.15, 0.2) is 0 Å². The fourth-order valence-corrected chi connectivity index (χ4v) is 4.05. The minimum atomic E-state index is -3.66. The van der Waals surface area contributed by atoms with Gasteiger partial charge in [0.2, 0.25) is 0 Å². The van der Waals surface area contributed by atoms with Gasteiger partial charge in [-0.25, -0.2) is 8.42 Å². The third kappa shape index (κ3) is 2.69. The summed E-state index contributed by atoms with van der Waals surface area (Å²) < 4.78 is 27.1. The number of aryl methyl sites for hydroxylation is 2. The standard InChI is InChI=1S/C14H14N2O2S2/c1-9-4-6-12(7-5-9)20(17,18)16-14-13(8-15)10(2)11(3)19-14/h4-7,16H,1-3H3. The maximum absolute atomic E-state index is 12.3. The number of nitrogens with zero attached hydrogens (tertiary/aromatic N) is 1. The topological polar surface area (TPSA) is 70.0 Å². The van der Waals surface area contributed by atoms with Gasteiger partial charge < -0.3 is 0 Å². The van der Waals surface area contributed by atoms with Crippen LogP contribution < -0.4 is 4.72 Å². The summed E-state index contributed by atoms with van der Waals surface area (Å²) in [7, 11) is -3.66. The molecule has 0 radical (unpaired) electrons. The molecule has 0 aliphatic rings. The fraction of sp³-hybridized carbons (Fsp3) is 0.214. The van der Waals surface area contributed by atoms with Crippen LogP contribution in [-0.4, -0.2) is 8.42 Å². The number of anilines is 1. The second kappa shape index (κ2) is 5.27. The van der Waals surface area contributed by atoms with Gasteiger partial charge in [-0.2, -0.15) is 5.26 Å². The molecule has 0 atom stereocenters. The Balaban J connectivity index is 2.41. The van der Waals surface area contributed by atoms with E-state index in [-0.39, 0.29) is 4.90 Å². The molecule has 0 aliphatic carbocycles. The third-order valence-corrected chi connectivity index (χ3v) is 5.67. The quantitative estimate of drug-likeness (QED) is 0.945. The molecule has 0 bridgehead atoms. The molecule has 0 amide bonds. The van der Waals surface area contributed by atoms with E-state index in [9.17, 15) is 8.42 Å². The van der Waals surface area contributed by atoms with Crippen LogP contribution in [0.1, 0.15) is 21.6 Å². The van der Waals surface area contributed by atoms with Crippen LogP contribution in [0.15, 0.2) is 29.2 Å². The fourth-order valence-electron chi connectivity index (χ4n) is 1.73. The first kappa shape index (κ1) is 14.6. The number of hydrogen-bond donors (Lipinski definition) is 1. The molecule has 0 unspecified atom stereocenters. The average Bonchev–Trinajstić information content (AvgIpc) is 2.64. The molecule has 0 aliphatic heterocycles. The van der Waals surface area contributed by atoms with Crippen LogP contribution in [0.25, 0.3) is 0 Å². The highest BCUT2D eigenvalue weighted by Gasteiger charge is 2.19. The van der Waals surface area contributed by atoms with Gasteiger partial charge in [-0.15, -0.1) is 11.3 Å². The van der Waals surface area contributed by atoms with Gasteiger partial charge in [0.05, 0.1) is 10.5 Å². The first-order chi connectivity index (χ1) is 9.35. The molecule has 2 rings (SSSR count). The van der Waals surface area contributed by atoms with E-state index in [1.54, 1.807) is 24.3 Å². The number of hydrogen-bond acceptors (Lipinski definition) is 4. The molecule has 1 heterocycles. The van der Waals surface area contributed by atoms with E-state index in [4.69, 9.17) is 5.26 Å². The first-order valence-electron chi connectivity index (χ1n) is 5.94. The first-order valence-corrected chi connectivity index (χ1v) is 8.24. The normalized spacial score (nSPS) is 11.1. The highest BCUT2D eigenvalue weighted by Crippen LogP contribution is 2.33. The maximum Gasteiger partial charge on any atom is 0.262 e. The summed E-state index contributed by atoms with van der Waals surface area (Å²) in [6, 6.07) is 8.64. The zero-order valence-electron chi connectivity index (χ0n) is 11.4. The average molecular weight is 306 g/mol. The number of rotatable bonds is 3. The Morgan fingerprint density at radius 1 is 1.15 bits per heavy atom. The van der Waals surface area contributed by atoms with Crippen molar-refractivity contribution in [1.82, 2.24) is 0 Å². The Hall–Kier alpha value is -1.84. The predicted molar refractivity (Wildman–Crippen MR) is 80.5 cm³/mol. The van der Waals surface area contributed by atoms with Gasteiger partial charge >= 0.3 is 0 Å². The van der Waals surface area contributed by atoms with Crippen molar-refractivity contribution in [2.24, 2.45) is 0 Å². The van der Waals surface area contributed by atoms with Crippen molar-refractivity contribution in [2.45, 2.75) is 25.7 Å². The minimum Gasteiger partial charge on any atom is -0.269 e. The van der Waals surface area contributed by atoms with Crippen LogP contribution in [0.5, 0.6) is 0 Å². The lowest BCUT2D eigenvalue weighted by atomic mass is 10.2. The summed E-state index contributed by atoms with van der Waals surface area (Å²) in [4.78, 5) is 1.12. The number of benzene rings is 1. The molecule has 4 nitrogen and oxygen atoms in total. The predicted octanol–water partition coefficient (Wildman–Crippen LogP) is 3.35. The van der Waals surface area contributed by atoms with Crippen LogP contribution in [0.3, 0.4) is 0 Å². The molecule has 20 heavy (non-hydrogen) atoms. The Labute approximate surface area is 122 Å². The second-order valence-electron chi connectivity index (χ2n) is 4.52. The maximum atomic E-state index is 12.3. The van der Waals surface area contributed by atoms with Gasteiger partial charge in [-0.05, 0) is 38.5 Å². The van der Waals surface area contributed by atoms with Crippen molar-refractivity contribution in [3.63, 3.8) is 0 Å². The summed E-state index contributed by atoms with van der Waals surface area (Å²) in [6.07, 6.45) is 0. The lowest BCUT2D eigenvalue weighted by Gasteiger charge is -2.06. The molecule has 1 N–H and O–H groups in total. The van der Waals surface area contributed by atoms with E-state index in [1.807, 2.05) is 20.8 Å². The van der Waals surface area contributed by atoms with E-state index < -0.39 is 10.0 Å². The van der Waals surface area contributed by atoms with Gasteiger partial charge in [-0.1, -0.05) is 17.7 Å². The highest BCUT2D eigenvalue weighted by atomic mass is 32.2. The SMILES string of the molecule is Cc1ccc(S(=O)(=O)Nc2sc(C)c(C)c2C#N)cc1. The monoisotopic (exact) mass is 306 g/mol. The van der Waals surface area contributed by atoms with Crippen LogP contribution in [0.4, 0.5) is 5.00 Å². The zero-order valence-corrected chi connectivity index (χ0v) is 13.0. The van der Waals surface area contributed by atoms with E-state index in [0.29, 0.717) is 10.6 Å². The summed E-state index contributed by atoms with van der Waals surface area (Å²) in [6.45, 7) is 5.57. The second-order valence-corrected chi connectivity index (χ2v) is 7.42. The molecule has 1 aromatic heterocycles. The smallest absolute Gasteiger partial charge is 0.262 e. The van der Waals surface area contributed by atoms with E-state index in [2.05, 4.69) is 10.8 Å². The van der Waals surface area contributed by atoms with Crippen molar-refractivity contribution in [3.05, 3.63) is 45.8 Å². The number of nitriles is 1.